The van der Waals surface area contributed by atoms with Gasteiger partial charge in [0, 0.05) is 16.8 Å². The first-order valence-corrected chi connectivity index (χ1v) is 7.28. The summed E-state index contributed by atoms with van der Waals surface area (Å²) in [5.74, 6) is 0. The standard InChI is InChI=1S/C9H13NO2S2/c1-14(11,12)10-7-9(4-5-9)8-3-2-6-13-8/h2-3,6,10H,4-5,7H2,1H3. The molecule has 78 valence electrons. The minimum absolute atomic E-state index is 0.108. The van der Waals surface area contributed by atoms with E-state index in [1.807, 2.05) is 11.4 Å². The lowest BCUT2D eigenvalue weighted by atomic mass is 10.1. The SMILES string of the molecule is CS(=O)(=O)NCC1(c2cccs2)CC1. The molecule has 2 rings (SSSR count). The van der Waals surface area contributed by atoms with E-state index >= 15 is 0 Å². The Kier molecular flexibility index (Phi) is 2.41. The number of rotatable bonds is 4. The van der Waals surface area contributed by atoms with Gasteiger partial charge in [0.2, 0.25) is 10.0 Å². The van der Waals surface area contributed by atoms with Crippen LogP contribution in [0.25, 0.3) is 0 Å². The van der Waals surface area contributed by atoms with Crippen LogP contribution in [0.5, 0.6) is 0 Å². The molecule has 1 aliphatic carbocycles. The smallest absolute Gasteiger partial charge is 0.208 e. The second kappa shape index (κ2) is 3.32. The summed E-state index contributed by atoms with van der Waals surface area (Å²) in [5.41, 5.74) is 0.108. The Labute approximate surface area is 88.2 Å². The molecule has 1 aromatic rings. The van der Waals surface area contributed by atoms with Crippen LogP contribution in [0.2, 0.25) is 0 Å². The Morgan fingerprint density at radius 3 is 2.71 bits per heavy atom. The van der Waals surface area contributed by atoms with Crippen molar-refractivity contribution in [2.75, 3.05) is 12.8 Å². The summed E-state index contributed by atoms with van der Waals surface area (Å²) in [7, 11) is -3.05. The molecular formula is C9H13NO2S2. The number of hydrogen-bond donors (Lipinski definition) is 1. The minimum Gasteiger partial charge on any atom is -0.215 e. The fourth-order valence-electron chi connectivity index (χ4n) is 1.51. The van der Waals surface area contributed by atoms with E-state index in [2.05, 4.69) is 10.8 Å². The van der Waals surface area contributed by atoms with Gasteiger partial charge in [-0.05, 0) is 24.3 Å². The average molecular weight is 231 g/mol. The quantitative estimate of drug-likeness (QED) is 0.849. The molecule has 0 saturated heterocycles. The molecule has 0 radical (unpaired) electrons. The van der Waals surface area contributed by atoms with Crippen LogP contribution in [0.15, 0.2) is 17.5 Å². The van der Waals surface area contributed by atoms with E-state index in [0.29, 0.717) is 6.54 Å². The van der Waals surface area contributed by atoms with Crippen molar-refractivity contribution < 1.29 is 8.42 Å². The molecule has 1 N–H and O–H groups in total. The Hall–Kier alpha value is -0.390. The van der Waals surface area contributed by atoms with Crippen LogP contribution in [0.4, 0.5) is 0 Å². The van der Waals surface area contributed by atoms with Gasteiger partial charge in [0.25, 0.3) is 0 Å². The second-order valence-electron chi connectivity index (χ2n) is 3.85. The molecule has 0 aromatic carbocycles. The molecule has 5 heteroatoms. The third-order valence-electron chi connectivity index (χ3n) is 2.57. The van der Waals surface area contributed by atoms with Crippen molar-refractivity contribution in [2.24, 2.45) is 0 Å². The number of sulfonamides is 1. The van der Waals surface area contributed by atoms with Gasteiger partial charge < -0.3 is 0 Å². The number of thiophene rings is 1. The van der Waals surface area contributed by atoms with Crippen molar-refractivity contribution in [2.45, 2.75) is 18.3 Å². The lowest BCUT2D eigenvalue weighted by Gasteiger charge is -2.12. The van der Waals surface area contributed by atoms with Crippen molar-refractivity contribution in [3.63, 3.8) is 0 Å². The summed E-state index contributed by atoms with van der Waals surface area (Å²) in [5, 5.41) is 2.04. The third kappa shape index (κ3) is 2.16. The van der Waals surface area contributed by atoms with Crippen LogP contribution in [-0.2, 0) is 15.4 Å². The summed E-state index contributed by atoms with van der Waals surface area (Å²) in [6.07, 6.45) is 3.39. The maximum atomic E-state index is 11.0. The molecule has 1 fully saturated rings. The Morgan fingerprint density at radius 1 is 1.57 bits per heavy atom. The normalized spacial score (nSPS) is 19.5. The Morgan fingerprint density at radius 2 is 2.29 bits per heavy atom. The molecule has 0 aliphatic heterocycles. The van der Waals surface area contributed by atoms with Crippen LogP contribution in [0, 0.1) is 0 Å². The van der Waals surface area contributed by atoms with Crippen LogP contribution in [0.1, 0.15) is 17.7 Å². The first-order valence-electron chi connectivity index (χ1n) is 4.51. The van der Waals surface area contributed by atoms with E-state index in [4.69, 9.17) is 0 Å². The van der Waals surface area contributed by atoms with E-state index in [9.17, 15) is 8.42 Å². The van der Waals surface area contributed by atoms with Crippen LogP contribution in [0.3, 0.4) is 0 Å². The molecule has 1 aromatic heterocycles. The van der Waals surface area contributed by atoms with Gasteiger partial charge in [-0.2, -0.15) is 0 Å². The monoisotopic (exact) mass is 231 g/mol. The van der Waals surface area contributed by atoms with Crippen LogP contribution in [-0.4, -0.2) is 21.2 Å². The maximum Gasteiger partial charge on any atom is 0.208 e. The van der Waals surface area contributed by atoms with Crippen molar-refractivity contribution in [3.05, 3.63) is 22.4 Å². The zero-order valence-corrected chi connectivity index (χ0v) is 9.62. The zero-order valence-electron chi connectivity index (χ0n) is 7.99. The molecule has 0 bridgehead atoms. The molecule has 0 amide bonds. The van der Waals surface area contributed by atoms with Gasteiger partial charge in [0.1, 0.15) is 0 Å². The highest BCUT2D eigenvalue weighted by molar-refractivity contribution is 7.88. The van der Waals surface area contributed by atoms with Gasteiger partial charge in [-0.25, -0.2) is 13.1 Å². The van der Waals surface area contributed by atoms with Crippen molar-refractivity contribution in [3.8, 4) is 0 Å². The van der Waals surface area contributed by atoms with Crippen LogP contribution < -0.4 is 4.72 Å². The van der Waals surface area contributed by atoms with Gasteiger partial charge >= 0.3 is 0 Å². The summed E-state index contributed by atoms with van der Waals surface area (Å²) in [6.45, 7) is 0.548. The first kappa shape index (κ1) is 10.1. The largest absolute Gasteiger partial charge is 0.215 e. The molecule has 14 heavy (non-hydrogen) atoms. The topological polar surface area (TPSA) is 46.2 Å². The molecule has 1 aliphatic rings. The Balaban J connectivity index is 2.05. The van der Waals surface area contributed by atoms with E-state index in [-0.39, 0.29) is 5.41 Å². The molecule has 0 spiro atoms. The minimum atomic E-state index is -3.05. The summed E-state index contributed by atoms with van der Waals surface area (Å²) < 4.78 is 24.5. The van der Waals surface area contributed by atoms with Gasteiger partial charge in [-0.1, -0.05) is 6.07 Å². The highest BCUT2D eigenvalue weighted by Gasteiger charge is 2.45. The number of nitrogens with one attached hydrogen (secondary N) is 1. The van der Waals surface area contributed by atoms with Gasteiger partial charge in [0.15, 0.2) is 0 Å². The van der Waals surface area contributed by atoms with E-state index in [1.54, 1.807) is 11.3 Å². The molecule has 1 heterocycles. The number of hydrogen-bond acceptors (Lipinski definition) is 3. The van der Waals surface area contributed by atoms with Crippen LogP contribution >= 0.6 is 11.3 Å². The lowest BCUT2D eigenvalue weighted by Crippen LogP contribution is -2.30. The second-order valence-corrected chi connectivity index (χ2v) is 6.63. The lowest BCUT2D eigenvalue weighted by molar-refractivity contribution is 0.574. The third-order valence-corrected chi connectivity index (χ3v) is 4.36. The first-order chi connectivity index (χ1) is 6.52. The fourth-order valence-corrected chi connectivity index (χ4v) is 3.04. The van der Waals surface area contributed by atoms with E-state index < -0.39 is 10.0 Å². The zero-order chi connectivity index (χ0) is 10.2. The average Bonchev–Trinajstić information content (AvgIpc) is 2.67. The predicted molar refractivity (Wildman–Crippen MR) is 58.1 cm³/mol. The molecular weight excluding hydrogens is 218 g/mol. The molecule has 0 unspecified atom stereocenters. The summed E-state index contributed by atoms with van der Waals surface area (Å²) >= 11 is 1.71. The van der Waals surface area contributed by atoms with E-state index in [1.165, 1.54) is 11.1 Å². The Bertz CT molecular complexity index is 404. The fraction of sp³-hybridized carbons (Fsp3) is 0.556. The van der Waals surface area contributed by atoms with E-state index in [0.717, 1.165) is 12.8 Å². The van der Waals surface area contributed by atoms with Crippen molar-refractivity contribution in [1.29, 1.82) is 0 Å². The summed E-state index contributed by atoms with van der Waals surface area (Å²) in [6, 6.07) is 4.10. The molecule has 1 saturated carbocycles. The van der Waals surface area contributed by atoms with Crippen molar-refractivity contribution in [1.82, 2.24) is 4.72 Å². The molecule has 3 nitrogen and oxygen atoms in total. The van der Waals surface area contributed by atoms with Gasteiger partial charge in [-0.15, -0.1) is 11.3 Å². The molecule has 0 atom stereocenters. The highest BCUT2D eigenvalue weighted by atomic mass is 32.2. The van der Waals surface area contributed by atoms with Crippen molar-refractivity contribution >= 4 is 21.4 Å². The predicted octanol–water partition coefficient (Wildman–Crippen LogP) is 1.33. The van der Waals surface area contributed by atoms with Gasteiger partial charge in [0.05, 0.1) is 6.26 Å². The highest BCUT2D eigenvalue weighted by Crippen LogP contribution is 2.49. The summed E-state index contributed by atoms with van der Waals surface area (Å²) in [4.78, 5) is 1.30. The van der Waals surface area contributed by atoms with Gasteiger partial charge in [-0.3, -0.25) is 0 Å². The maximum absolute atomic E-state index is 11.0.